The van der Waals surface area contributed by atoms with Gasteiger partial charge in [-0.1, -0.05) is 30.7 Å². The molecule has 2 bridgehead atoms. The number of benzene rings is 1. The first-order valence-corrected chi connectivity index (χ1v) is 8.27. The summed E-state index contributed by atoms with van der Waals surface area (Å²) in [6.45, 7) is 3.31. The van der Waals surface area contributed by atoms with Gasteiger partial charge in [0, 0.05) is 17.0 Å². The molecule has 1 N–H and O–H groups in total. The summed E-state index contributed by atoms with van der Waals surface area (Å²) in [5, 5.41) is 4.58. The minimum absolute atomic E-state index is 0.480. The third-order valence-corrected chi connectivity index (χ3v) is 4.91. The Bertz CT molecular complexity index is 450. The summed E-state index contributed by atoms with van der Waals surface area (Å²) in [5.74, 6) is 0.666. The Hall–Kier alpha value is -0.570. The van der Waals surface area contributed by atoms with Gasteiger partial charge in [0.2, 0.25) is 0 Å². The molecule has 0 radical (unpaired) electrons. The largest absolute Gasteiger partial charge is 0.375 e. The van der Waals surface area contributed by atoms with Gasteiger partial charge in [0.15, 0.2) is 0 Å². The topological polar surface area (TPSA) is 21.3 Å². The molecule has 2 aliphatic heterocycles. The summed E-state index contributed by atoms with van der Waals surface area (Å²) in [7, 11) is 0. The molecule has 20 heavy (non-hydrogen) atoms. The third kappa shape index (κ3) is 3.19. The predicted octanol–water partition coefficient (Wildman–Crippen LogP) is 3.82. The second-order valence-corrected chi connectivity index (χ2v) is 6.60. The van der Waals surface area contributed by atoms with Crippen molar-refractivity contribution in [2.45, 2.75) is 57.3 Å². The van der Waals surface area contributed by atoms with E-state index in [0.717, 1.165) is 18.0 Å². The van der Waals surface area contributed by atoms with Crippen LogP contribution in [0.15, 0.2) is 24.3 Å². The fourth-order valence-electron chi connectivity index (χ4n) is 3.72. The molecule has 2 fully saturated rings. The van der Waals surface area contributed by atoms with E-state index in [4.69, 9.17) is 16.3 Å². The monoisotopic (exact) mass is 293 g/mol. The zero-order chi connectivity index (χ0) is 13.9. The summed E-state index contributed by atoms with van der Waals surface area (Å²) in [4.78, 5) is 0. The smallest absolute Gasteiger partial charge is 0.0623 e. The highest BCUT2D eigenvalue weighted by atomic mass is 35.5. The molecule has 1 aromatic rings. The summed E-state index contributed by atoms with van der Waals surface area (Å²) in [5.41, 5.74) is 1.33. The highest BCUT2D eigenvalue weighted by molar-refractivity contribution is 6.30. The van der Waals surface area contributed by atoms with Gasteiger partial charge in [-0.2, -0.15) is 0 Å². The van der Waals surface area contributed by atoms with E-state index in [9.17, 15) is 0 Å². The molecule has 2 nitrogen and oxygen atoms in total. The number of rotatable bonds is 6. The molecule has 3 rings (SSSR count). The molecule has 0 saturated carbocycles. The van der Waals surface area contributed by atoms with Crippen LogP contribution in [-0.2, 0) is 11.2 Å². The lowest BCUT2D eigenvalue weighted by Gasteiger charge is -2.29. The van der Waals surface area contributed by atoms with Crippen molar-refractivity contribution in [3.05, 3.63) is 34.9 Å². The van der Waals surface area contributed by atoms with Crippen LogP contribution in [0.5, 0.6) is 0 Å². The van der Waals surface area contributed by atoms with Gasteiger partial charge in [-0.25, -0.2) is 0 Å². The fourth-order valence-corrected chi connectivity index (χ4v) is 3.94. The summed E-state index contributed by atoms with van der Waals surface area (Å²) < 4.78 is 6.04. The van der Waals surface area contributed by atoms with E-state index in [-0.39, 0.29) is 0 Å². The first-order chi connectivity index (χ1) is 9.76. The van der Waals surface area contributed by atoms with E-state index in [2.05, 4.69) is 24.4 Å². The Labute approximate surface area is 126 Å². The van der Waals surface area contributed by atoms with E-state index in [1.165, 1.54) is 31.2 Å². The molecule has 1 aromatic carbocycles. The lowest BCUT2D eigenvalue weighted by molar-refractivity contribution is 0.0857. The van der Waals surface area contributed by atoms with E-state index in [1.807, 2.05) is 12.1 Å². The molecule has 110 valence electrons. The molecular weight excluding hydrogens is 270 g/mol. The van der Waals surface area contributed by atoms with Crippen molar-refractivity contribution < 1.29 is 4.74 Å². The summed E-state index contributed by atoms with van der Waals surface area (Å²) >= 11 is 6.11. The van der Waals surface area contributed by atoms with Crippen molar-refractivity contribution in [2.24, 2.45) is 5.92 Å². The van der Waals surface area contributed by atoms with Gasteiger partial charge in [0.25, 0.3) is 0 Å². The van der Waals surface area contributed by atoms with Crippen molar-refractivity contribution in [2.75, 3.05) is 6.54 Å². The molecule has 0 spiro atoms. The average Bonchev–Trinajstić information content (AvgIpc) is 3.06. The van der Waals surface area contributed by atoms with Crippen molar-refractivity contribution in [1.29, 1.82) is 0 Å². The molecule has 0 amide bonds. The zero-order valence-corrected chi connectivity index (χ0v) is 12.9. The minimum Gasteiger partial charge on any atom is -0.375 e. The number of hydrogen-bond acceptors (Lipinski definition) is 2. The summed E-state index contributed by atoms with van der Waals surface area (Å²) in [6.07, 6.45) is 6.97. The van der Waals surface area contributed by atoms with Crippen LogP contribution in [0.3, 0.4) is 0 Å². The number of hydrogen-bond donors (Lipinski definition) is 1. The van der Waals surface area contributed by atoms with Gasteiger partial charge in [0.1, 0.15) is 0 Å². The molecule has 0 aliphatic carbocycles. The lowest BCUT2D eigenvalue weighted by Crippen LogP contribution is -2.42. The highest BCUT2D eigenvalue weighted by Gasteiger charge is 2.44. The van der Waals surface area contributed by atoms with Crippen molar-refractivity contribution in [1.82, 2.24) is 5.32 Å². The first-order valence-electron chi connectivity index (χ1n) is 7.89. The van der Waals surface area contributed by atoms with Crippen LogP contribution < -0.4 is 5.32 Å². The second kappa shape index (κ2) is 6.46. The molecule has 2 aliphatic rings. The number of nitrogens with one attached hydrogen (secondary N) is 1. The van der Waals surface area contributed by atoms with Gasteiger partial charge in [-0.3, -0.25) is 0 Å². The molecule has 4 atom stereocenters. The number of halogens is 1. The van der Waals surface area contributed by atoms with Gasteiger partial charge < -0.3 is 10.1 Å². The van der Waals surface area contributed by atoms with Crippen LogP contribution >= 0.6 is 11.6 Å². The molecular formula is C17H24ClNO. The van der Waals surface area contributed by atoms with Crippen molar-refractivity contribution in [3.8, 4) is 0 Å². The maximum absolute atomic E-state index is 6.11. The van der Waals surface area contributed by atoms with Gasteiger partial charge >= 0.3 is 0 Å². The molecule has 3 heteroatoms. The van der Waals surface area contributed by atoms with Crippen LogP contribution in [0.2, 0.25) is 5.02 Å². The van der Waals surface area contributed by atoms with Crippen molar-refractivity contribution >= 4 is 11.6 Å². The van der Waals surface area contributed by atoms with Gasteiger partial charge in [-0.15, -0.1) is 0 Å². The van der Waals surface area contributed by atoms with Crippen LogP contribution in [0.25, 0.3) is 0 Å². The average molecular weight is 294 g/mol. The standard InChI is InChI=1S/C17H24ClNO/c1-2-8-19-16(10-12-4-3-5-13(18)9-12)15-11-14-6-7-17(15)20-14/h3-5,9,14-17,19H,2,6-8,10-11H2,1H3. The molecule has 2 heterocycles. The van der Waals surface area contributed by atoms with E-state index < -0.39 is 0 Å². The Kier molecular flexibility index (Phi) is 4.65. The first kappa shape index (κ1) is 14.4. The maximum atomic E-state index is 6.11. The fraction of sp³-hybridized carbons (Fsp3) is 0.647. The van der Waals surface area contributed by atoms with E-state index in [0.29, 0.717) is 24.2 Å². The Morgan fingerprint density at radius 1 is 1.40 bits per heavy atom. The third-order valence-electron chi connectivity index (χ3n) is 4.67. The SMILES string of the molecule is CCCNC(Cc1cccc(Cl)c1)C1CC2CCC1O2. The Morgan fingerprint density at radius 3 is 2.95 bits per heavy atom. The molecule has 2 saturated heterocycles. The minimum atomic E-state index is 0.480. The second-order valence-electron chi connectivity index (χ2n) is 6.17. The quantitative estimate of drug-likeness (QED) is 0.861. The lowest BCUT2D eigenvalue weighted by atomic mass is 9.81. The molecule has 4 unspecified atom stereocenters. The van der Waals surface area contributed by atoms with Crippen LogP contribution in [0, 0.1) is 5.92 Å². The molecule has 0 aromatic heterocycles. The number of fused-ring (bicyclic) bond motifs is 2. The summed E-state index contributed by atoms with van der Waals surface area (Å²) in [6, 6.07) is 8.78. The van der Waals surface area contributed by atoms with Crippen LogP contribution in [0.4, 0.5) is 0 Å². The van der Waals surface area contributed by atoms with Crippen LogP contribution in [-0.4, -0.2) is 24.8 Å². The zero-order valence-electron chi connectivity index (χ0n) is 12.1. The predicted molar refractivity (Wildman–Crippen MR) is 83.2 cm³/mol. The highest BCUT2D eigenvalue weighted by Crippen LogP contribution is 2.41. The van der Waals surface area contributed by atoms with E-state index in [1.54, 1.807) is 0 Å². The normalized spacial score (nSPS) is 29.8. The van der Waals surface area contributed by atoms with E-state index >= 15 is 0 Å². The van der Waals surface area contributed by atoms with Gasteiger partial charge in [-0.05, 0) is 56.3 Å². The van der Waals surface area contributed by atoms with Gasteiger partial charge in [0.05, 0.1) is 12.2 Å². The maximum Gasteiger partial charge on any atom is 0.0623 e. The Morgan fingerprint density at radius 2 is 2.30 bits per heavy atom. The van der Waals surface area contributed by atoms with Crippen molar-refractivity contribution in [3.63, 3.8) is 0 Å². The van der Waals surface area contributed by atoms with Crippen LogP contribution in [0.1, 0.15) is 38.2 Å². The number of ether oxygens (including phenoxy) is 1. The Balaban J connectivity index is 1.69.